The number of rotatable bonds is 6. The van der Waals surface area contributed by atoms with Crippen molar-refractivity contribution in [2.75, 3.05) is 33.3 Å². The molecule has 3 unspecified atom stereocenters. The molecule has 7 heteroatoms. The molecule has 0 bridgehead atoms. The van der Waals surface area contributed by atoms with E-state index < -0.39 is 0 Å². The normalized spacial score (nSPS) is 25.1. The maximum absolute atomic E-state index is 14.6. The van der Waals surface area contributed by atoms with E-state index in [0.29, 0.717) is 16.9 Å². The molecule has 1 aromatic carbocycles. The molecule has 3 atom stereocenters. The highest BCUT2D eigenvalue weighted by molar-refractivity contribution is 5.97. The fourth-order valence-electron chi connectivity index (χ4n) is 4.44. The maximum Gasteiger partial charge on any atom is 0.168 e. The van der Waals surface area contributed by atoms with Gasteiger partial charge in [0.15, 0.2) is 5.78 Å². The number of hydrogen-bond donors (Lipinski definition) is 2. The number of likely N-dealkylation sites (tertiary alicyclic amines) is 1. The number of nitrogens with zero attached hydrogens (tertiary/aromatic N) is 2. The van der Waals surface area contributed by atoms with E-state index in [4.69, 9.17) is 4.74 Å². The Hall–Kier alpha value is -2.35. The molecular weight excluding hydrogens is 371 g/mol. The molecule has 1 aromatic heterocycles. The van der Waals surface area contributed by atoms with Crippen LogP contribution in [0.5, 0.6) is 5.75 Å². The number of benzene rings is 1. The van der Waals surface area contributed by atoms with Crippen molar-refractivity contribution in [3.8, 4) is 5.75 Å². The second-order valence-electron chi connectivity index (χ2n) is 7.86. The molecule has 2 saturated heterocycles. The van der Waals surface area contributed by atoms with Crippen LogP contribution in [0.1, 0.15) is 34.8 Å². The summed E-state index contributed by atoms with van der Waals surface area (Å²) in [5, 5.41) is 0. The lowest BCUT2D eigenvalue weighted by atomic mass is 9.88. The van der Waals surface area contributed by atoms with E-state index in [9.17, 15) is 9.18 Å². The summed E-state index contributed by atoms with van der Waals surface area (Å²) in [6.45, 7) is 3.27. The van der Waals surface area contributed by atoms with Crippen LogP contribution < -0.4 is 15.6 Å². The van der Waals surface area contributed by atoms with Crippen LogP contribution in [0.3, 0.4) is 0 Å². The van der Waals surface area contributed by atoms with Crippen LogP contribution in [0.2, 0.25) is 0 Å². The fourth-order valence-corrected chi connectivity index (χ4v) is 4.44. The minimum Gasteiger partial charge on any atom is -0.497 e. The van der Waals surface area contributed by atoms with Crippen LogP contribution in [0.25, 0.3) is 0 Å². The van der Waals surface area contributed by atoms with Crippen LogP contribution in [0.15, 0.2) is 42.7 Å². The van der Waals surface area contributed by atoms with Crippen LogP contribution in [0, 0.1) is 17.7 Å². The van der Waals surface area contributed by atoms with Gasteiger partial charge in [-0.2, -0.15) is 0 Å². The molecule has 154 valence electrons. The number of halogens is 1. The molecular formula is C22H27FN4O2. The SMILES string of the molecule is COc1ccc(C2NNCC2CN2CCCC(C(=O)c3cccnc3)C2)c(F)c1. The maximum atomic E-state index is 14.6. The smallest absolute Gasteiger partial charge is 0.168 e. The summed E-state index contributed by atoms with van der Waals surface area (Å²) < 4.78 is 19.7. The van der Waals surface area contributed by atoms with Crippen molar-refractivity contribution in [2.45, 2.75) is 18.9 Å². The first-order valence-corrected chi connectivity index (χ1v) is 10.1. The lowest BCUT2D eigenvalue weighted by Crippen LogP contribution is -2.42. The minimum absolute atomic E-state index is 0.00792. The molecule has 2 N–H and O–H groups in total. The molecule has 29 heavy (non-hydrogen) atoms. The van der Waals surface area contributed by atoms with Crippen LogP contribution in [-0.4, -0.2) is 49.0 Å². The number of nitrogens with one attached hydrogen (secondary N) is 2. The number of ketones is 1. The van der Waals surface area contributed by atoms with E-state index in [-0.39, 0.29) is 29.5 Å². The van der Waals surface area contributed by atoms with Gasteiger partial charge in [0.1, 0.15) is 11.6 Å². The van der Waals surface area contributed by atoms with Gasteiger partial charge >= 0.3 is 0 Å². The van der Waals surface area contributed by atoms with Gasteiger partial charge in [0.25, 0.3) is 0 Å². The molecule has 4 rings (SSSR count). The van der Waals surface area contributed by atoms with E-state index in [2.05, 4.69) is 20.7 Å². The highest BCUT2D eigenvalue weighted by Crippen LogP contribution is 2.31. The second kappa shape index (κ2) is 8.98. The first kappa shape index (κ1) is 19.9. The minimum atomic E-state index is -0.265. The highest BCUT2D eigenvalue weighted by atomic mass is 19.1. The average Bonchev–Trinajstić information content (AvgIpc) is 3.21. The summed E-state index contributed by atoms with van der Waals surface area (Å²) in [5.41, 5.74) is 7.72. The summed E-state index contributed by atoms with van der Waals surface area (Å²) in [6.07, 6.45) is 5.23. The van der Waals surface area contributed by atoms with Gasteiger partial charge in [-0.3, -0.25) is 15.2 Å². The average molecular weight is 398 g/mol. The third-order valence-corrected chi connectivity index (χ3v) is 5.95. The largest absolute Gasteiger partial charge is 0.497 e. The number of hydrogen-bond acceptors (Lipinski definition) is 6. The molecule has 2 fully saturated rings. The molecule has 2 aromatic rings. The number of aromatic nitrogens is 1. The van der Waals surface area contributed by atoms with Crippen molar-refractivity contribution in [1.29, 1.82) is 0 Å². The summed E-state index contributed by atoms with van der Waals surface area (Å²) in [4.78, 5) is 19.2. The standard InChI is InChI=1S/C22H27FN4O2/c1-29-18-6-7-19(20(23)10-18)21-17(12-25-26-21)14-27-9-3-5-16(13-27)22(28)15-4-2-8-24-11-15/h2,4,6-8,10-11,16-17,21,25-26H,3,5,9,12-14H2,1H3. The molecule has 0 radical (unpaired) electrons. The number of methoxy groups -OCH3 is 1. The van der Waals surface area contributed by atoms with Gasteiger partial charge in [0.05, 0.1) is 13.2 Å². The number of Topliss-reactive ketones (excluding diaryl/α,β-unsaturated/α-hetero) is 1. The van der Waals surface area contributed by atoms with Gasteiger partial charge < -0.3 is 9.64 Å². The molecule has 2 aliphatic heterocycles. The van der Waals surface area contributed by atoms with Crippen molar-refractivity contribution in [2.24, 2.45) is 11.8 Å². The van der Waals surface area contributed by atoms with Crippen molar-refractivity contribution in [1.82, 2.24) is 20.7 Å². The van der Waals surface area contributed by atoms with E-state index in [1.54, 1.807) is 30.6 Å². The molecule has 0 saturated carbocycles. The van der Waals surface area contributed by atoms with E-state index in [0.717, 1.165) is 39.0 Å². The zero-order valence-electron chi connectivity index (χ0n) is 16.6. The van der Waals surface area contributed by atoms with Crippen molar-refractivity contribution < 1.29 is 13.9 Å². The molecule has 0 aliphatic carbocycles. The Bertz CT molecular complexity index is 848. The Morgan fingerprint density at radius 3 is 3.03 bits per heavy atom. The Labute approximate surface area is 170 Å². The summed E-state index contributed by atoms with van der Waals surface area (Å²) in [5.74, 6) is 0.625. The quantitative estimate of drug-likeness (QED) is 0.730. The van der Waals surface area contributed by atoms with Gasteiger partial charge in [-0.15, -0.1) is 0 Å². The first-order valence-electron chi connectivity index (χ1n) is 10.1. The monoisotopic (exact) mass is 398 g/mol. The van der Waals surface area contributed by atoms with E-state index >= 15 is 0 Å². The van der Waals surface area contributed by atoms with Gasteiger partial charge in [0.2, 0.25) is 0 Å². The zero-order valence-corrected chi connectivity index (χ0v) is 16.6. The molecule has 6 nitrogen and oxygen atoms in total. The summed E-state index contributed by atoms with van der Waals surface area (Å²) in [6, 6.07) is 8.53. The number of carbonyl (C=O) groups is 1. The molecule has 0 spiro atoms. The number of piperidine rings is 1. The van der Waals surface area contributed by atoms with Crippen LogP contribution in [0.4, 0.5) is 4.39 Å². The van der Waals surface area contributed by atoms with Gasteiger partial charge in [0, 0.05) is 61.1 Å². The Kier molecular flexibility index (Phi) is 6.18. The van der Waals surface area contributed by atoms with Gasteiger partial charge in [-0.25, -0.2) is 9.82 Å². The van der Waals surface area contributed by atoms with Gasteiger partial charge in [-0.05, 0) is 37.6 Å². The van der Waals surface area contributed by atoms with Crippen molar-refractivity contribution in [3.63, 3.8) is 0 Å². The summed E-state index contributed by atoms with van der Waals surface area (Å²) >= 11 is 0. The topological polar surface area (TPSA) is 66.5 Å². The lowest BCUT2D eigenvalue weighted by Gasteiger charge is -2.34. The number of pyridine rings is 1. The van der Waals surface area contributed by atoms with Crippen LogP contribution in [-0.2, 0) is 0 Å². The Morgan fingerprint density at radius 2 is 2.28 bits per heavy atom. The van der Waals surface area contributed by atoms with E-state index in [1.165, 1.54) is 13.2 Å². The van der Waals surface area contributed by atoms with Crippen LogP contribution >= 0.6 is 0 Å². The molecule has 3 heterocycles. The predicted molar refractivity (Wildman–Crippen MR) is 108 cm³/mol. The molecule has 2 aliphatic rings. The molecule has 0 amide bonds. The lowest BCUT2D eigenvalue weighted by molar-refractivity contribution is 0.0798. The van der Waals surface area contributed by atoms with Crippen molar-refractivity contribution >= 4 is 5.78 Å². The number of ether oxygens (including phenoxy) is 1. The second-order valence-corrected chi connectivity index (χ2v) is 7.86. The fraction of sp³-hybridized carbons (Fsp3) is 0.455. The first-order chi connectivity index (χ1) is 14.2. The predicted octanol–water partition coefficient (Wildman–Crippen LogP) is 2.59. The third-order valence-electron chi connectivity index (χ3n) is 5.95. The summed E-state index contributed by atoms with van der Waals surface area (Å²) in [7, 11) is 1.53. The van der Waals surface area contributed by atoms with Crippen molar-refractivity contribution in [3.05, 3.63) is 59.7 Å². The van der Waals surface area contributed by atoms with E-state index in [1.807, 2.05) is 6.07 Å². The number of hydrazine groups is 1. The van der Waals surface area contributed by atoms with Gasteiger partial charge in [-0.1, -0.05) is 6.07 Å². The highest BCUT2D eigenvalue weighted by Gasteiger charge is 2.34. The number of carbonyl (C=O) groups excluding carboxylic acids is 1. The Morgan fingerprint density at radius 1 is 1.38 bits per heavy atom. The zero-order chi connectivity index (χ0) is 20.2. The third kappa shape index (κ3) is 4.47. The Balaban J connectivity index is 1.42.